The monoisotopic (exact) mass is 566 g/mol. The lowest BCUT2D eigenvalue weighted by Gasteiger charge is -2.33. The number of nitrogens with one attached hydrogen (secondary N) is 1. The van der Waals surface area contributed by atoms with Crippen LogP contribution in [-0.2, 0) is 22.6 Å². The van der Waals surface area contributed by atoms with Crippen LogP contribution in [0.5, 0.6) is 5.75 Å². The minimum absolute atomic E-state index is 0.0865. The van der Waals surface area contributed by atoms with Crippen molar-refractivity contribution in [2.24, 2.45) is 0 Å². The molecule has 7 heteroatoms. The number of hydrogen-bond acceptors (Lipinski definition) is 3. The van der Waals surface area contributed by atoms with Crippen molar-refractivity contribution in [3.05, 3.63) is 99.0 Å². The Morgan fingerprint density at radius 2 is 1.62 bits per heavy atom. The van der Waals surface area contributed by atoms with Gasteiger partial charge in [0, 0.05) is 34.6 Å². The van der Waals surface area contributed by atoms with Gasteiger partial charge in [-0.25, -0.2) is 0 Å². The SMILES string of the molecule is Cc1ccc(OCC(=O)N(Cc2c(Cl)cccc2Cl)C(Cc2ccccc2)C(=O)NC2CCCCC2)cc1C. The standard InChI is InChI=1S/C32H36Cl2N2O3/c1-22-16-17-26(18-23(22)2)39-21-31(37)36(20-27-28(33)14-9-15-29(27)34)30(19-24-10-5-3-6-11-24)32(38)35-25-12-7-4-8-13-25/h3,5-6,9-11,14-18,25,30H,4,7-8,12-13,19-21H2,1-2H3,(H,35,38). The van der Waals surface area contributed by atoms with Gasteiger partial charge in [-0.2, -0.15) is 0 Å². The Balaban J connectivity index is 1.65. The quantitative estimate of drug-likeness (QED) is 0.285. The van der Waals surface area contributed by atoms with Gasteiger partial charge in [0.2, 0.25) is 5.91 Å². The van der Waals surface area contributed by atoms with Crippen LogP contribution in [0.1, 0.15) is 54.4 Å². The van der Waals surface area contributed by atoms with E-state index in [1.807, 2.05) is 62.4 Å². The first-order valence-electron chi connectivity index (χ1n) is 13.6. The second-order valence-corrected chi connectivity index (χ2v) is 11.1. The number of ether oxygens (including phenoxy) is 1. The molecule has 1 fully saturated rings. The van der Waals surface area contributed by atoms with E-state index < -0.39 is 6.04 Å². The first-order valence-corrected chi connectivity index (χ1v) is 14.3. The first-order chi connectivity index (χ1) is 18.8. The van der Waals surface area contributed by atoms with Gasteiger partial charge in [-0.15, -0.1) is 0 Å². The van der Waals surface area contributed by atoms with Gasteiger partial charge >= 0.3 is 0 Å². The third kappa shape index (κ3) is 8.00. The summed E-state index contributed by atoms with van der Waals surface area (Å²) in [6, 6.07) is 20.1. The predicted molar refractivity (Wildman–Crippen MR) is 157 cm³/mol. The van der Waals surface area contributed by atoms with Gasteiger partial charge in [-0.1, -0.05) is 84.9 Å². The number of halogens is 2. The fourth-order valence-electron chi connectivity index (χ4n) is 4.98. The Morgan fingerprint density at radius 3 is 2.28 bits per heavy atom. The summed E-state index contributed by atoms with van der Waals surface area (Å²) in [5, 5.41) is 4.13. The molecule has 0 aromatic heterocycles. The fraction of sp³-hybridized carbons (Fsp3) is 0.375. The van der Waals surface area contributed by atoms with Gasteiger partial charge < -0.3 is 15.0 Å². The van der Waals surface area contributed by atoms with Crippen molar-refractivity contribution < 1.29 is 14.3 Å². The zero-order valence-corrected chi connectivity index (χ0v) is 24.1. The molecule has 0 spiro atoms. The van der Waals surface area contributed by atoms with Gasteiger partial charge in [0.05, 0.1) is 0 Å². The summed E-state index contributed by atoms with van der Waals surface area (Å²) in [4.78, 5) is 29.3. The van der Waals surface area contributed by atoms with Crippen molar-refractivity contribution >= 4 is 35.0 Å². The Kier molecular flexibility index (Phi) is 10.3. The molecule has 3 aromatic carbocycles. The van der Waals surface area contributed by atoms with E-state index in [4.69, 9.17) is 27.9 Å². The van der Waals surface area contributed by atoms with Crippen molar-refractivity contribution in [1.29, 1.82) is 0 Å². The van der Waals surface area contributed by atoms with Gasteiger partial charge in [0.1, 0.15) is 11.8 Å². The normalized spacial score (nSPS) is 14.5. The zero-order chi connectivity index (χ0) is 27.8. The molecule has 1 aliphatic carbocycles. The molecule has 2 amide bonds. The third-order valence-corrected chi connectivity index (χ3v) is 8.16. The lowest BCUT2D eigenvalue weighted by Crippen LogP contribution is -2.53. The number of carbonyl (C=O) groups is 2. The number of aryl methyl sites for hydroxylation is 2. The summed E-state index contributed by atoms with van der Waals surface area (Å²) in [5.74, 6) is 0.117. The fourth-order valence-corrected chi connectivity index (χ4v) is 5.50. The van der Waals surface area contributed by atoms with Crippen molar-refractivity contribution in [1.82, 2.24) is 10.2 Å². The summed E-state index contributed by atoms with van der Waals surface area (Å²) in [5.41, 5.74) is 3.78. The molecular formula is C32H36Cl2N2O3. The zero-order valence-electron chi connectivity index (χ0n) is 22.6. The van der Waals surface area contributed by atoms with E-state index in [0.29, 0.717) is 27.8 Å². The largest absolute Gasteiger partial charge is 0.484 e. The van der Waals surface area contributed by atoms with Crippen molar-refractivity contribution in [3.8, 4) is 5.75 Å². The van der Waals surface area contributed by atoms with E-state index in [1.165, 1.54) is 6.42 Å². The number of carbonyl (C=O) groups excluding carboxylic acids is 2. The lowest BCUT2D eigenvalue weighted by molar-refractivity contribution is -0.143. The average Bonchev–Trinajstić information content (AvgIpc) is 2.93. The van der Waals surface area contributed by atoms with Gasteiger partial charge in [-0.3, -0.25) is 9.59 Å². The predicted octanol–water partition coefficient (Wildman–Crippen LogP) is 7.08. The van der Waals surface area contributed by atoms with Crippen molar-refractivity contribution in [2.45, 2.75) is 71.0 Å². The van der Waals surface area contributed by atoms with E-state index in [2.05, 4.69) is 5.32 Å². The van der Waals surface area contributed by atoms with Gasteiger partial charge in [0.15, 0.2) is 6.61 Å². The summed E-state index contributed by atoms with van der Waals surface area (Å²) in [6.45, 7) is 3.90. The lowest BCUT2D eigenvalue weighted by atomic mass is 9.94. The molecule has 3 aromatic rings. The van der Waals surface area contributed by atoms with Crippen LogP contribution >= 0.6 is 23.2 Å². The number of benzene rings is 3. The molecule has 206 valence electrons. The molecule has 0 radical (unpaired) electrons. The molecular weight excluding hydrogens is 531 g/mol. The molecule has 5 nitrogen and oxygen atoms in total. The van der Waals surface area contributed by atoms with E-state index in [-0.39, 0.29) is 31.0 Å². The molecule has 0 saturated heterocycles. The molecule has 0 aliphatic heterocycles. The van der Waals surface area contributed by atoms with E-state index in [9.17, 15) is 9.59 Å². The third-order valence-electron chi connectivity index (χ3n) is 7.45. The summed E-state index contributed by atoms with van der Waals surface area (Å²) < 4.78 is 5.92. The van der Waals surface area contributed by atoms with Crippen molar-refractivity contribution in [3.63, 3.8) is 0 Å². The van der Waals surface area contributed by atoms with Gasteiger partial charge in [-0.05, 0) is 67.6 Å². The maximum Gasteiger partial charge on any atom is 0.261 e. The summed E-state index contributed by atoms with van der Waals surface area (Å²) >= 11 is 13.1. The Hall–Kier alpha value is -3.02. The molecule has 1 N–H and O–H groups in total. The van der Waals surface area contributed by atoms with Crippen LogP contribution in [0.4, 0.5) is 0 Å². The number of amides is 2. The second-order valence-electron chi connectivity index (χ2n) is 10.3. The highest BCUT2D eigenvalue weighted by molar-refractivity contribution is 6.36. The maximum absolute atomic E-state index is 13.9. The van der Waals surface area contributed by atoms with Crippen LogP contribution in [0.2, 0.25) is 10.0 Å². The van der Waals surface area contributed by atoms with E-state index >= 15 is 0 Å². The Labute approximate surface area is 241 Å². The minimum atomic E-state index is -0.766. The van der Waals surface area contributed by atoms with Crippen LogP contribution in [-0.4, -0.2) is 35.4 Å². The second kappa shape index (κ2) is 13.9. The molecule has 39 heavy (non-hydrogen) atoms. The Morgan fingerprint density at radius 1 is 0.923 bits per heavy atom. The number of nitrogens with zero attached hydrogens (tertiary/aromatic N) is 1. The smallest absolute Gasteiger partial charge is 0.261 e. The van der Waals surface area contributed by atoms with Crippen LogP contribution in [0.3, 0.4) is 0 Å². The van der Waals surface area contributed by atoms with E-state index in [0.717, 1.165) is 42.4 Å². The highest BCUT2D eigenvalue weighted by atomic mass is 35.5. The molecule has 1 saturated carbocycles. The van der Waals surface area contributed by atoms with Crippen LogP contribution < -0.4 is 10.1 Å². The molecule has 0 heterocycles. The molecule has 0 bridgehead atoms. The van der Waals surface area contributed by atoms with E-state index in [1.54, 1.807) is 23.1 Å². The first kappa shape index (κ1) is 29.0. The molecule has 4 rings (SSSR count). The molecule has 1 unspecified atom stereocenters. The van der Waals surface area contributed by atoms with Crippen LogP contribution in [0.15, 0.2) is 66.7 Å². The Bertz CT molecular complexity index is 1260. The molecule has 1 atom stereocenters. The van der Waals surface area contributed by atoms with Crippen molar-refractivity contribution in [2.75, 3.05) is 6.61 Å². The van der Waals surface area contributed by atoms with Gasteiger partial charge in [0.25, 0.3) is 5.91 Å². The maximum atomic E-state index is 13.9. The molecule has 1 aliphatic rings. The number of rotatable bonds is 10. The van der Waals surface area contributed by atoms with Crippen LogP contribution in [0, 0.1) is 13.8 Å². The highest BCUT2D eigenvalue weighted by Crippen LogP contribution is 2.28. The topological polar surface area (TPSA) is 58.6 Å². The number of hydrogen-bond donors (Lipinski definition) is 1. The summed E-state index contributed by atoms with van der Waals surface area (Å²) in [7, 11) is 0. The summed E-state index contributed by atoms with van der Waals surface area (Å²) in [6.07, 6.45) is 5.63. The van der Waals surface area contributed by atoms with Crippen LogP contribution in [0.25, 0.3) is 0 Å². The average molecular weight is 568 g/mol. The highest BCUT2D eigenvalue weighted by Gasteiger charge is 2.33. The minimum Gasteiger partial charge on any atom is -0.484 e.